The third kappa shape index (κ3) is 4.53. The number of rotatable bonds is 5. The van der Waals surface area contributed by atoms with E-state index in [-0.39, 0.29) is 12.6 Å². The summed E-state index contributed by atoms with van der Waals surface area (Å²) in [6, 6.07) is 12.5. The average Bonchev–Trinajstić information content (AvgIpc) is 3.21. The quantitative estimate of drug-likeness (QED) is 0.785. The molecule has 0 bridgehead atoms. The van der Waals surface area contributed by atoms with E-state index in [9.17, 15) is 13.2 Å². The molecule has 1 aliphatic heterocycles. The molecular weight excluding hydrogens is 404 g/mol. The fraction of sp³-hybridized carbons (Fsp3) is 0.409. The number of hydrogen-bond donors (Lipinski definition) is 1. The molecule has 8 heteroatoms. The summed E-state index contributed by atoms with van der Waals surface area (Å²) in [5.41, 5.74) is 1.96. The van der Waals surface area contributed by atoms with E-state index in [1.165, 1.54) is 17.1 Å². The molecule has 1 fully saturated rings. The number of carbonyl (C=O) groups excluding carboxylic acids is 1. The van der Waals surface area contributed by atoms with Crippen LogP contribution in [-0.2, 0) is 14.8 Å². The van der Waals surface area contributed by atoms with Gasteiger partial charge >= 0.3 is 0 Å². The molecule has 30 heavy (non-hydrogen) atoms. The molecule has 1 amide bonds. The van der Waals surface area contributed by atoms with Crippen LogP contribution in [0.2, 0.25) is 0 Å². The largest absolute Gasteiger partial charge is 0.490 e. The number of nitrogens with one attached hydrogen (secondary N) is 1. The lowest BCUT2D eigenvalue weighted by Gasteiger charge is -2.34. The number of nitrogens with zero attached hydrogens (tertiary/aromatic N) is 1. The van der Waals surface area contributed by atoms with E-state index >= 15 is 0 Å². The van der Waals surface area contributed by atoms with Crippen LogP contribution in [0.4, 0.5) is 11.4 Å². The fourth-order valence-corrected chi connectivity index (χ4v) is 4.76. The molecule has 0 saturated heterocycles. The third-order valence-electron chi connectivity index (χ3n) is 5.40. The number of hydrogen-bond acceptors (Lipinski definition) is 5. The highest BCUT2D eigenvalue weighted by Crippen LogP contribution is 2.36. The van der Waals surface area contributed by atoms with Crippen LogP contribution in [0.5, 0.6) is 11.5 Å². The minimum atomic E-state index is -3.56. The maximum absolute atomic E-state index is 12.8. The van der Waals surface area contributed by atoms with Gasteiger partial charge in [0.15, 0.2) is 6.10 Å². The minimum absolute atomic E-state index is 0.0794. The molecule has 1 saturated carbocycles. The van der Waals surface area contributed by atoms with Gasteiger partial charge in [0.05, 0.1) is 24.6 Å². The molecule has 4 rings (SSSR count). The topological polar surface area (TPSA) is 84.9 Å². The number of benzene rings is 2. The van der Waals surface area contributed by atoms with E-state index in [0.29, 0.717) is 17.1 Å². The van der Waals surface area contributed by atoms with Gasteiger partial charge in [0.2, 0.25) is 10.0 Å². The normalized spacial score (nSPS) is 19.1. The molecule has 160 valence electrons. The van der Waals surface area contributed by atoms with Gasteiger partial charge in [-0.2, -0.15) is 0 Å². The van der Waals surface area contributed by atoms with E-state index in [1.807, 2.05) is 25.1 Å². The van der Waals surface area contributed by atoms with Crippen molar-refractivity contribution >= 4 is 27.3 Å². The molecule has 0 aromatic heterocycles. The van der Waals surface area contributed by atoms with Gasteiger partial charge in [-0.3, -0.25) is 9.10 Å². The number of carbonyl (C=O) groups is 1. The highest BCUT2D eigenvalue weighted by Gasteiger charge is 2.35. The Bertz CT molecular complexity index is 1030. The van der Waals surface area contributed by atoms with E-state index in [2.05, 4.69) is 5.32 Å². The Morgan fingerprint density at radius 3 is 2.50 bits per heavy atom. The van der Waals surface area contributed by atoms with Crippen molar-refractivity contribution in [2.45, 2.75) is 44.8 Å². The van der Waals surface area contributed by atoms with Gasteiger partial charge in [-0.1, -0.05) is 6.07 Å². The number of sulfonamides is 1. The van der Waals surface area contributed by atoms with Crippen molar-refractivity contribution in [3.05, 3.63) is 48.0 Å². The second-order valence-electron chi connectivity index (χ2n) is 7.91. The Labute approximate surface area is 177 Å². The zero-order valence-electron chi connectivity index (χ0n) is 17.1. The van der Waals surface area contributed by atoms with Crippen molar-refractivity contribution in [1.29, 1.82) is 0 Å². The van der Waals surface area contributed by atoms with Crippen molar-refractivity contribution < 1.29 is 22.7 Å². The first kappa shape index (κ1) is 20.5. The van der Waals surface area contributed by atoms with Gasteiger partial charge < -0.3 is 14.8 Å². The summed E-state index contributed by atoms with van der Waals surface area (Å²) in [6.45, 7) is 1.80. The summed E-state index contributed by atoms with van der Waals surface area (Å²) in [5, 5.41) is 2.81. The van der Waals surface area contributed by atoms with Crippen LogP contribution in [0.15, 0.2) is 42.5 Å². The zero-order chi connectivity index (χ0) is 21.3. The second-order valence-corrected chi connectivity index (χ2v) is 9.82. The monoisotopic (exact) mass is 430 g/mol. The lowest BCUT2D eigenvalue weighted by atomic mass is 10.1. The van der Waals surface area contributed by atoms with Crippen molar-refractivity contribution in [3.63, 3.8) is 0 Å². The minimum Gasteiger partial charge on any atom is -0.490 e. The van der Waals surface area contributed by atoms with Crippen LogP contribution in [0.3, 0.4) is 0 Å². The summed E-state index contributed by atoms with van der Waals surface area (Å²) in [5.74, 6) is 0.749. The Kier molecular flexibility index (Phi) is 5.60. The Hall–Kier alpha value is -2.74. The summed E-state index contributed by atoms with van der Waals surface area (Å²) >= 11 is 0. The van der Waals surface area contributed by atoms with E-state index in [4.69, 9.17) is 9.47 Å². The third-order valence-corrected chi connectivity index (χ3v) is 6.55. The van der Waals surface area contributed by atoms with Crippen molar-refractivity contribution in [3.8, 4) is 11.5 Å². The van der Waals surface area contributed by atoms with Crippen LogP contribution in [0.25, 0.3) is 0 Å². The summed E-state index contributed by atoms with van der Waals surface area (Å²) in [4.78, 5) is 12.8. The lowest BCUT2D eigenvalue weighted by Crippen LogP contribution is -2.48. The van der Waals surface area contributed by atoms with E-state index in [0.717, 1.165) is 30.4 Å². The second kappa shape index (κ2) is 8.18. The predicted octanol–water partition coefficient (Wildman–Crippen LogP) is 3.48. The standard InChI is InChI=1S/C22H26N2O5S/c1-15-7-12-20-19(13-15)24(30(2,26)27)14-21(29-20)22(25)23-16-8-10-18(11-9-16)28-17-5-3-4-6-17/h7-13,17,21H,3-6,14H2,1-2H3,(H,23,25)/t21-/m0/s1. The molecule has 0 radical (unpaired) electrons. The molecule has 2 aromatic rings. The maximum Gasteiger partial charge on any atom is 0.267 e. The lowest BCUT2D eigenvalue weighted by molar-refractivity contribution is -0.122. The molecule has 1 N–H and O–H groups in total. The smallest absolute Gasteiger partial charge is 0.267 e. The fourth-order valence-electron chi connectivity index (χ4n) is 3.85. The first-order chi connectivity index (χ1) is 14.3. The SMILES string of the molecule is Cc1ccc2c(c1)N(S(C)(=O)=O)C[C@@H](C(=O)Nc1ccc(OC3CCCC3)cc1)O2. The first-order valence-corrected chi connectivity index (χ1v) is 12.0. The average molecular weight is 431 g/mol. The van der Waals surface area contributed by atoms with Gasteiger partial charge in [-0.15, -0.1) is 0 Å². The predicted molar refractivity (Wildman–Crippen MR) is 116 cm³/mol. The van der Waals surface area contributed by atoms with Crippen molar-refractivity contribution in [2.24, 2.45) is 0 Å². The van der Waals surface area contributed by atoms with Crippen LogP contribution in [0.1, 0.15) is 31.2 Å². The molecule has 0 unspecified atom stereocenters. The van der Waals surface area contributed by atoms with Crippen LogP contribution in [0, 0.1) is 6.92 Å². The molecular formula is C22H26N2O5S. The Balaban J connectivity index is 1.46. The Morgan fingerprint density at radius 1 is 1.13 bits per heavy atom. The summed E-state index contributed by atoms with van der Waals surface area (Å²) in [7, 11) is -3.56. The molecule has 7 nitrogen and oxygen atoms in total. The number of aryl methyl sites for hydroxylation is 1. The highest BCUT2D eigenvalue weighted by atomic mass is 32.2. The summed E-state index contributed by atoms with van der Waals surface area (Å²) < 4.78 is 37.6. The van der Waals surface area contributed by atoms with Gasteiger partial charge in [0, 0.05) is 5.69 Å². The maximum atomic E-state index is 12.8. The van der Waals surface area contributed by atoms with Gasteiger partial charge in [-0.25, -0.2) is 8.42 Å². The van der Waals surface area contributed by atoms with E-state index < -0.39 is 22.0 Å². The molecule has 0 spiro atoms. The molecule has 1 atom stereocenters. The molecule has 2 aliphatic rings. The summed E-state index contributed by atoms with van der Waals surface area (Å²) in [6.07, 6.45) is 5.00. The van der Waals surface area contributed by atoms with Crippen molar-refractivity contribution in [1.82, 2.24) is 0 Å². The highest BCUT2D eigenvalue weighted by molar-refractivity contribution is 7.92. The van der Waals surface area contributed by atoms with Gasteiger partial charge in [-0.05, 0) is 74.6 Å². The zero-order valence-corrected chi connectivity index (χ0v) is 17.9. The number of fused-ring (bicyclic) bond motifs is 1. The van der Waals surface area contributed by atoms with Crippen LogP contribution < -0.4 is 19.1 Å². The first-order valence-electron chi connectivity index (χ1n) is 10.1. The van der Waals surface area contributed by atoms with Gasteiger partial charge in [0.1, 0.15) is 11.5 Å². The number of amides is 1. The molecule has 1 aliphatic carbocycles. The van der Waals surface area contributed by atoms with Crippen LogP contribution >= 0.6 is 0 Å². The Morgan fingerprint density at radius 2 is 1.83 bits per heavy atom. The number of anilines is 2. The van der Waals surface area contributed by atoms with Crippen LogP contribution in [-0.4, -0.2) is 39.3 Å². The number of ether oxygens (including phenoxy) is 2. The van der Waals surface area contributed by atoms with E-state index in [1.54, 1.807) is 24.3 Å². The molecule has 2 aromatic carbocycles. The van der Waals surface area contributed by atoms with Gasteiger partial charge in [0.25, 0.3) is 5.91 Å². The molecule has 1 heterocycles. The van der Waals surface area contributed by atoms with Crippen molar-refractivity contribution in [2.75, 3.05) is 22.4 Å².